The van der Waals surface area contributed by atoms with E-state index in [2.05, 4.69) is 10.3 Å². The van der Waals surface area contributed by atoms with Gasteiger partial charge in [0, 0.05) is 24.7 Å². The normalized spacial score (nSPS) is 11.5. The molecule has 8 heteroatoms. The van der Waals surface area contributed by atoms with Gasteiger partial charge in [0.05, 0.1) is 15.1 Å². The molecule has 1 aromatic heterocycles. The lowest BCUT2D eigenvalue weighted by Crippen LogP contribution is -2.13. The highest BCUT2D eigenvalue weighted by Crippen LogP contribution is 2.28. The number of ketones is 1. The zero-order chi connectivity index (χ0) is 19.6. The Morgan fingerprint density at radius 3 is 2.44 bits per heavy atom. The standard InChI is InChI=1S/C19H18N2O4S2/c1-12-3-5-13(6-4-12)16(22)9-10-18(23)21-19-20-15-8-7-14(27(2,24)25)11-17(15)26-19/h3-8,11H,9-10H2,1-2H3,(H,20,21,23). The van der Waals surface area contributed by atoms with Crippen LogP contribution in [0.5, 0.6) is 0 Å². The van der Waals surface area contributed by atoms with E-state index in [1.165, 1.54) is 17.4 Å². The van der Waals surface area contributed by atoms with Crippen LogP contribution in [0.2, 0.25) is 0 Å². The number of fused-ring (bicyclic) bond motifs is 1. The highest BCUT2D eigenvalue weighted by Gasteiger charge is 2.13. The van der Waals surface area contributed by atoms with Crippen molar-refractivity contribution in [1.82, 2.24) is 4.98 Å². The van der Waals surface area contributed by atoms with Crippen LogP contribution in [0.25, 0.3) is 10.2 Å². The second-order valence-corrected chi connectivity index (χ2v) is 9.30. The summed E-state index contributed by atoms with van der Waals surface area (Å²) in [5.74, 6) is -0.398. The maximum absolute atomic E-state index is 12.1. The van der Waals surface area contributed by atoms with Crippen molar-refractivity contribution >= 4 is 48.2 Å². The molecule has 0 aliphatic heterocycles. The SMILES string of the molecule is Cc1ccc(C(=O)CCC(=O)Nc2nc3ccc(S(C)(=O)=O)cc3s2)cc1. The van der Waals surface area contributed by atoms with Gasteiger partial charge in [0.25, 0.3) is 0 Å². The van der Waals surface area contributed by atoms with Crippen molar-refractivity contribution in [2.24, 2.45) is 0 Å². The van der Waals surface area contributed by atoms with Gasteiger partial charge in [0.2, 0.25) is 5.91 Å². The van der Waals surface area contributed by atoms with Gasteiger partial charge >= 0.3 is 0 Å². The fourth-order valence-electron chi connectivity index (χ4n) is 2.48. The van der Waals surface area contributed by atoms with E-state index in [0.29, 0.717) is 20.9 Å². The molecular weight excluding hydrogens is 384 g/mol. The van der Waals surface area contributed by atoms with E-state index in [1.54, 1.807) is 24.3 Å². The monoisotopic (exact) mass is 402 g/mol. The molecule has 0 fully saturated rings. The Hall–Kier alpha value is -2.58. The smallest absolute Gasteiger partial charge is 0.226 e. The molecule has 0 aliphatic rings. The van der Waals surface area contributed by atoms with E-state index in [4.69, 9.17) is 0 Å². The Morgan fingerprint density at radius 2 is 1.78 bits per heavy atom. The number of nitrogens with one attached hydrogen (secondary N) is 1. The van der Waals surface area contributed by atoms with Gasteiger partial charge in [0.1, 0.15) is 0 Å². The van der Waals surface area contributed by atoms with Crippen LogP contribution in [0.4, 0.5) is 5.13 Å². The van der Waals surface area contributed by atoms with Crippen LogP contribution in [0.1, 0.15) is 28.8 Å². The van der Waals surface area contributed by atoms with E-state index in [9.17, 15) is 18.0 Å². The summed E-state index contributed by atoms with van der Waals surface area (Å²) < 4.78 is 23.9. The van der Waals surface area contributed by atoms with Crippen molar-refractivity contribution in [2.75, 3.05) is 11.6 Å². The third-order valence-corrected chi connectivity index (χ3v) is 6.03. The summed E-state index contributed by atoms with van der Waals surface area (Å²) in [6, 6.07) is 11.9. The minimum Gasteiger partial charge on any atom is -0.302 e. The van der Waals surface area contributed by atoms with E-state index >= 15 is 0 Å². The van der Waals surface area contributed by atoms with Gasteiger partial charge in [-0.25, -0.2) is 13.4 Å². The zero-order valence-corrected chi connectivity index (χ0v) is 16.5. The molecule has 1 amide bonds. The maximum atomic E-state index is 12.1. The highest BCUT2D eigenvalue weighted by molar-refractivity contribution is 7.90. The molecule has 0 atom stereocenters. The number of aryl methyl sites for hydroxylation is 1. The first-order valence-electron chi connectivity index (χ1n) is 8.23. The number of hydrogen-bond donors (Lipinski definition) is 1. The molecule has 0 spiro atoms. The fraction of sp³-hybridized carbons (Fsp3) is 0.211. The number of anilines is 1. The van der Waals surface area contributed by atoms with E-state index in [0.717, 1.165) is 11.8 Å². The molecular formula is C19H18N2O4S2. The second kappa shape index (κ2) is 7.58. The number of thiazole rings is 1. The van der Waals surface area contributed by atoms with Gasteiger partial charge in [-0.05, 0) is 25.1 Å². The average Bonchev–Trinajstić information content (AvgIpc) is 3.00. The minimum atomic E-state index is -3.30. The molecule has 27 heavy (non-hydrogen) atoms. The molecule has 1 heterocycles. The summed E-state index contributed by atoms with van der Waals surface area (Å²) in [7, 11) is -3.30. The fourth-order valence-corrected chi connectivity index (χ4v) is 4.12. The van der Waals surface area contributed by atoms with Gasteiger partial charge in [-0.15, -0.1) is 0 Å². The van der Waals surface area contributed by atoms with Crippen molar-refractivity contribution in [3.63, 3.8) is 0 Å². The highest BCUT2D eigenvalue weighted by atomic mass is 32.2. The number of rotatable bonds is 6. The van der Waals surface area contributed by atoms with Crippen LogP contribution >= 0.6 is 11.3 Å². The largest absolute Gasteiger partial charge is 0.302 e. The van der Waals surface area contributed by atoms with Gasteiger partial charge in [0.15, 0.2) is 20.8 Å². The first-order valence-corrected chi connectivity index (χ1v) is 10.9. The lowest BCUT2D eigenvalue weighted by atomic mass is 10.1. The zero-order valence-electron chi connectivity index (χ0n) is 14.9. The quantitative estimate of drug-likeness (QED) is 0.636. The maximum Gasteiger partial charge on any atom is 0.226 e. The van der Waals surface area contributed by atoms with Crippen LogP contribution in [0, 0.1) is 6.92 Å². The molecule has 6 nitrogen and oxygen atoms in total. The lowest BCUT2D eigenvalue weighted by molar-refractivity contribution is -0.116. The Labute approximate surface area is 161 Å². The summed E-state index contributed by atoms with van der Waals surface area (Å²) in [5, 5.41) is 3.05. The summed E-state index contributed by atoms with van der Waals surface area (Å²) >= 11 is 1.20. The van der Waals surface area contributed by atoms with Gasteiger partial charge < -0.3 is 5.32 Å². The van der Waals surface area contributed by atoms with Crippen LogP contribution in [-0.2, 0) is 14.6 Å². The topological polar surface area (TPSA) is 93.2 Å². The lowest BCUT2D eigenvalue weighted by Gasteiger charge is -2.02. The number of carbonyl (C=O) groups excluding carboxylic acids is 2. The van der Waals surface area contributed by atoms with Crippen LogP contribution < -0.4 is 5.32 Å². The summed E-state index contributed by atoms with van der Waals surface area (Å²) in [6.07, 6.45) is 1.30. The number of aromatic nitrogens is 1. The Bertz CT molecular complexity index is 1120. The third kappa shape index (κ3) is 4.78. The van der Waals surface area contributed by atoms with Crippen LogP contribution in [-0.4, -0.2) is 31.3 Å². The van der Waals surface area contributed by atoms with Crippen LogP contribution in [0.3, 0.4) is 0 Å². The predicted octanol–water partition coefficient (Wildman–Crippen LogP) is 3.61. The molecule has 140 valence electrons. The minimum absolute atomic E-state index is 0.0528. The molecule has 0 saturated carbocycles. The molecule has 3 rings (SSSR count). The molecule has 2 aromatic carbocycles. The number of nitrogens with zero attached hydrogens (tertiary/aromatic N) is 1. The van der Waals surface area contributed by atoms with E-state index < -0.39 is 9.84 Å². The van der Waals surface area contributed by atoms with Crippen LogP contribution in [0.15, 0.2) is 47.4 Å². The summed E-state index contributed by atoms with van der Waals surface area (Å²) in [4.78, 5) is 28.7. The number of sulfone groups is 1. The van der Waals surface area contributed by atoms with E-state index in [1.807, 2.05) is 19.1 Å². The molecule has 0 radical (unpaired) electrons. The number of hydrogen-bond acceptors (Lipinski definition) is 6. The van der Waals surface area contributed by atoms with Crippen molar-refractivity contribution in [3.05, 3.63) is 53.6 Å². The van der Waals surface area contributed by atoms with Gasteiger partial charge in [-0.2, -0.15) is 0 Å². The second-order valence-electron chi connectivity index (χ2n) is 6.26. The molecule has 3 aromatic rings. The molecule has 0 saturated heterocycles. The number of benzene rings is 2. The number of Topliss-reactive ketones (excluding diaryl/α,β-unsaturated/α-hetero) is 1. The summed E-state index contributed by atoms with van der Waals surface area (Å²) in [6.45, 7) is 1.94. The van der Waals surface area contributed by atoms with Gasteiger partial charge in [-0.1, -0.05) is 41.2 Å². The third-order valence-electron chi connectivity index (χ3n) is 3.99. The Kier molecular flexibility index (Phi) is 5.38. The average molecular weight is 402 g/mol. The molecule has 0 aliphatic carbocycles. The molecule has 0 bridgehead atoms. The Balaban J connectivity index is 1.63. The van der Waals surface area contributed by atoms with Crippen molar-refractivity contribution in [3.8, 4) is 0 Å². The molecule has 0 unspecified atom stereocenters. The number of carbonyl (C=O) groups is 2. The van der Waals surface area contributed by atoms with E-state index in [-0.39, 0.29) is 29.4 Å². The van der Waals surface area contributed by atoms with Crippen molar-refractivity contribution in [1.29, 1.82) is 0 Å². The van der Waals surface area contributed by atoms with Crippen molar-refractivity contribution < 1.29 is 18.0 Å². The number of amides is 1. The first-order chi connectivity index (χ1) is 12.7. The summed E-state index contributed by atoms with van der Waals surface area (Å²) in [5.41, 5.74) is 2.26. The van der Waals surface area contributed by atoms with Crippen molar-refractivity contribution in [2.45, 2.75) is 24.7 Å². The predicted molar refractivity (Wildman–Crippen MR) is 106 cm³/mol. The van der Waals surface area contributed by atoms with Gasteiger partial charge in [-0.3, -0.25) is 9.59 Å². The molecule has 1 N–H and O–H groups in total. The Morgan fingerprint density at radius 1 is 1.07 bits per heavy atom. The first kappa shape index (κ1) is 19.2.